The summed E-state index contributed by atoms with van der Waals surface area (Å²) in [6, 6.07) is 14.5. The highest BCUT2D eigenvalue weighted by molar-refractivity contribution is 6.50. The van der Waals surface area contributed by atoms with Gasteiger partial charge in [-0.25, -0.2) is 0 Å². The van der Waals surface area contributed by atoms with Crippen molar-refractivity contribution in [3.8, 4) is 0 Å². The number of hydrogen-bond acceptors (Lipinski definition) is 2. The number of halogens is 8. The molecule has 14 heteroatoms. The van der Waals surface area contributed by atoms with E-state index in [2.05, 4.69) is 9.95 Å². The Kier molecular flexibility index (Phi) is 12.4. The van der Waals surface area contributed by atoms with Gasteiger partial charge in [-0.1, -0.05) is 36.5 Å². The third-order valence-electron chi connectivity index (χ3n) is 2.93. The summed E-state index contributed by atoms with van der Waals surface area (Å²) in [5.41, 5.74) is 3.14. The van der Waals surface area contributed by atoms with Crippen LogP contribution in [0.3, 0.4) is 0 Å². The highest BCUT2D eigenvalue weighted by Gasteiger charge is 2.21. The lowest BCUT2D eigenvalue weighted by Crippen LogP contribution is -2.02. The highest BCUT2D eigenvalue weighted by atomic mass is 19.5. The third-order valence-corrected chi connectivity index (χ3v) is 2.93. The normalized spacial score (nSPS) is 11.3. The van der Waals surface area contributed by atoms with Crippen LogP contribution < -0.4 is 0 Å². The van der Waals surface area contributed by atoms with E-state index in [9.17, 15) is 34.5 Å². The van der Waals surface area contributed by atoms with Gasteiger partial charge in [0.1, 0.15) is 0 Å². The minimum absolute atomic E-state index is 0.538. The van der Waals surface area contributed by atoms with Crippen LogP contribution in [0.4, 0.5) is 45.9 Å². The second kappa shape index (κ2) is 14.1. The number of benzene rings is 2. The van der Waals surface area contributed by atoms with Gasteiger partial charge in [-0.3, -0.25) is 0 Å². The van der Waals surface area contributed by atoms with Gasteiger partial charge in [0.2, 0.25) is 10.8 Å². The molecule has 4 nitrogen and oxygen atoms in total. The summed E-state index contributed by atoms with van der Waals surface area (Å²) in [6.07, 6.45) is 11.6. The van der Waals surface area contributed by atoms with Crippen molar-refractivity contribution in [3.05, 3.63) is 93.9 Å². The van der Waals surface area contributed by atoms with E-state index in [1.165, 1.54) is 0 Å². The minimum Gasteiger partial charge on any atom is -0.418 e. The van der Waals surface area contributed by atoms with Crippen LogP contribution in [0.25, 0.3) is 22.1 Å². The Morgan fingerprint density at radius 3 is 0.969 bits per heavy atom. The maximum atomic E-state index is 9.75. The van der Waals surface area contributed by atoms with Crippen molar-refractivity contribution in [3.63, 3.8) is 0 Å². The topological polar surface area (TPSA) is 56.3 Å². The van der Waals surface area contributed by atoms with E-state index in [1.54, 1.807) is 24.3 Å². The van der Waals surface area contributed by atoms with Crippen LogP contribution in [-0.4, -0.2) is 14.5 Å². The van der Waals surface area contributed by atoms with E-state index in [0.29, 0.717) is 11.4 Å². The van der Waals surface area contributed by atoms with Gasteiger partial charge in [0.15, 0.2) is 9.95 Å². The van der Waals surface area contributed by atoms with Crippen LogP contribution in [0, 0.1) is 10.8 Å². The lowest BCUT2D eigenvalue weighted by molar-refractivity contribution is 0.366. The third kappa shape index (κ3) is 19.4. The molecule has 0 heterocycles. The van der Waals surface area contributed by atoms with Gasteiger partial charge in [0.25, 0.3) is 0 Å². The SMILES string of the molecule is F[B-](F)(F)F.F[B-](F)(F)F.N#[N+]c1ccc(C=CC=CC=Cc2ccc([N+]#N)cc2)cc1. The zero-order chi connectivity index (χ0) is 24.6. The largest absolute Gasteiger partial charge is 0.673 e. The van der Waals surface area contributed by atoms with Crippen LogP contribution in [-0.2, 0) is 0 Å². The lowest BCUT2D eigenvalue weighted by atomic mass is 10.2. The molecule has 0 atom stereocenters. The first kappa shape index (κ1) is 28.1. The van der Waals surface area contributed by atoms with Gasteiger partial charge in [0, 0.05) is 24.3 Å². The molecular formula is C18H14B2F8N4. The average Bonchev–Trinajstić information content (AvgIpc) is 2.69. The van der Waals surface area contributed by atoms with Gasteiger partial charge in [-0.2, -0.15) is 0 Å². The Morgan fingerprint density at radius 1 is 0.500 bits per heavy atom. The van der Waals surface area contributed by atoms with E-state index in [1.807, 2.05) is 60.7 Å². The molecule has 2 aromatic carbocycles. The molecule has 2 rings (SSSR count). The van der Waals surface area contributed by atoms with Crippen LogP contribution in [0.1, 0.15) is 11.1 Å². The van der Waals surface area contributed by atoms with Crippen molar-refractivity contribution >= 4 is 38.0 Å². The number of diazo groups is 2. The summed E-state index contributed by atoms with van der Waals surface area (Å²) < 4.78 is 78.0. The molecule has 168 valence electrons. The molecular weight excluding hydrogens is 446 g/mol. The Balaban J connectivity index is 0.000000805. The quantitative estimate of drug-likeness (QED) is 0.199. The molecule has 0 aliphatic carbocycles. The summed E-state index contributed by atoms with van der Waals surface area (Å²) in [6.45, 7) is 0. The lowest BCUT2D eigenvalue weighted by Gasteiger charge is -1.94. The van der Waals surface area contributed by atoms with Crippen LogP contribution in [0.15, 0.2) is 72.8 Å². The number of allylic oxidation sites excluding steroid dienone is 4. The first-order valence-corrected chi connectivity index (χ1v) is 8.48. The summed E-state index contributed by atoms with van der Waals surface area (Å²) in [4.78, 5) is 6.21. The van der Waals surface area contributed by atoms with Crippen molar-refractivity contribution in [2.24, 2.45) is 0 Å². The maximum Gasteiger partial charge on any atom is 0.673 e. The fourth-order valence-electron chi connectivity index (χ4n) is 1.77. The van der Waals surface area contributed by atoms with Crippen molar-refractivity contribution in [2.45, 2.75) is 0 Å². The summed E-state index contributed by atoms with van der Waals surface area (Å²) in [7, 11) is -12.0. The van der Waals surface area contributed by atoms with Gasteiger partial charge in [-0.15, -0.1) is 0 Å². The van der Waals surface area contributed by atoms with Gasteiger partial charge in [0.05, 0.1) is 0 Å². The fraction of sp³-hybridized carbons (Fsp3) is 0. The first-order chi connectivity index (χ1) is 14.8. The molecule has 32 heavy (non-hydrogen) atoms. The summed E-state index contributed by atoms with van der Waals surface area (Å²) in [5, 5.41) is 17.2. The number of nitrogens with zero attached hydrogens (tertiary/aromatic N) is 4. The fourth-order valence-corrected chi connectivity index (χ4v) is 1.77. The molecule has 0 unspecified atom stereocenters. The predicted molar refractivity (Wildman–Crippen MR) is 110 cm³/mol. The van der Waals surface area contributed by atoms with Gasteiger partial charge < -0.3 is 34.5 Å². The van der Waals surface area contributed by atoms with Crippen molar-refractivity contribution in [1.29, 1.82) is 10.8 Å². The van der Waals surface area contributed by atoms with Crippen molar-refractivity contribution in [2.75, 3.05) is 0 Å². The highest BCUT2D eigenvalue weighted by Crippen LogP contribution is 2.14. The van der Waals surface area contributed by atoms with Crippen LogP contribution in [0.2, 0.25) is 0 Å². The molecule has 0 aliphatic rings. The molecule has 0 saturated carbocycles. The van der Waals surface area contributed by atoms with E-state index in [4.69, 9.17) is 10.8 Å². The van der Waals surface area contributed by atoms with Crippen LogP contribution in [0.5, 0.6) is 0 Å². The average molecular weight is 460 g/mol. The zero-order valence-electron chi connectivity index (χ0n) is 16.1. The molecule has 0 saturated heterocycles. The second-order valence-corrected chi connectivity index (χ2v) is 5.48. The Bertz CT molecular complexity index is 891. The monoisotopic (exact) mass is 460 g/mol. The molecule has 0 N–H and O–H groups in total. The van der Waals surface area contributed by atoms with E-state index < -0.39 is 14.5 Å². The molecule has 0 radical (unpaired) electrons. The second-order valence-electron chi connectivity index (χ2n) is 5.48. The Morgan fingerprint density at radius 2 is 0.750 bits per heavy atom. The maximum absolute atomic E-state index is 9.75. The smallest absolute Gasteiger partial charge is 0.418 e. The molecule has 0 amide bonds. The molecule has 0 fully saturated rings. The van der Waals surface area contributed by atoms with Crippen LogP contribution >= 0.6 is 0 Å². The predicted octanol–water partition coefficient (Wildman–Crippen LogP) is 8.54. The molecule has 0 bridgehead atoms. The molecule has 0 aliphatic heterocycles. The van der Waals surface area contributed by atoms with Crippen molar-refractivity contribution < 1.29 is 34.5 Å². The molecule has 0 aromatic heterocycles. The van der Waals surface area contributed by atoms with E-state index in [0.717, 1.165) is 11.1 Å². The number of hydrogen-bond donors (Lipinski definition) is 0. The van der Waals surface area contributed by atoms with E-state index in [-0.39, 0.29) is 0 Å². The van der Waals surface area contributed by atoms with Gasteiger partial charge in [-0.05, 0) is 35.4 Å². The standard InChI is InChI=1S/C18H14N4.2BF4/c19-21-17-11-7-15(8-12-17)5-3-1-2-4-6-16-9-13-18(22-20)14-10-16;2*2-1(3,4)5/h1-14H;;/q+2;2*-1. The Labute approximate surface area is 178 Å². The molecule has 0 spiro atoms. The first-order valence-electron chi connectivity index (χ1n) is 8.48. The van der Waals surface area contributed by atoms with Gasteiger partial charge >= 0.3 is 25.9 Å². The summed E-state index contributed by atoms with van der Waals surface area (Å²) >= 11 is 0. The summed E-state index contributed by atoms with van der Waals surface area (Å²) in [5.74, 6) is 0. The minimum atomic E-state index is -6.00. The van der Waals surface area contributed by atoms with Crippen molar-refractivity contribution in [1.82, 2.24) is 0 Å². The number of rotatable bonds is 4. The Hall–Kier alpha value is -3.93. The molecule has 2 aromatic rings. The zero-order valence-corrected chi connectivity index (χ0v) is 16.1. The van der Waals surface area contributed by atoms with E-state index >= 15 is 0 Å².